The van der Waals surface area contributed by atoms with E-state index in [2.05, 4.69) is 4.98 Å². The van der Waals surface area contributed by atoms with E-state index in [1.54, 1.807) is 6.92 Å². The molecule has 3 rings (SSSR count). The molecule has 0 saturated carbocycles. The highest BCUT2D eigenvalue weighted by molar-refractivity contribution is 6.13. The topological polar surface area (TPSA) is 65.2 Å². The van der Waals surface area contributed by atoms with Gasteiger partial charge in [-0.05, 0) is 23.8 Å². The summed E-state index contributed by atoms with van der Waals surface area (Å²) in [6.07, 6.45) is 0. The van der Waals surface area contributed by atoms with Crippen molar-refractivity contribution in [1.29, 1.82) is 0 Å². The van der Waals surface area contributed by atoms with Crippen molar-refractivity contribution >= 4 is 27.6 Å². The summed E-state index contributed by atoms with van der Waals surface area (Å²) in [5.74, 6) is -0.905. The van der Waals surface area contributed by atoms with Crippen LogP contribution in [0.2, 0.25) is 0 Å². The fourth-order valence-corrected chi connectivity index (χ4v) is 2.28. The second-order valence-electron chi connectivity index (χ2n) is 4.26. The third kappa shape index (κ3) is 1.73. The third-order valence-corrected chi connectivity index (χ3v) is 3.12. The zero-order valence-electron chi connectivity index (χ0n) is 10.4. The van der Waals surface area contributed by atoms with Gasteiger partial charge in [-0.25, -0.2) is 4.79 Å². The fraction of sp³-hybridized carbons (Fsp3) is 0.133. The van der Waals surface area contributed by atoms with Crippen molar-refractivity contribution in [1.82, 2.24) is 4.98 Å². The lowest BCUT2D eigenvalue weighted by molar-refractivity contribution is -0.266. The van der Waals surface area contributed by atoms with Crippen molar-refractivity contribution < 1.29 is 14.6 Å². The molecule has 0 amide bonds. The second kappa shape index (κ2) is 4.31. The number of fused-ring (bicyclic) bond motifs is 3. The van der Waals surface area contributed by atoms with Crippen LogP contribution >= 0.6 is 0 Å². The molecular weight excluding hydrogens is 242 g/mol. The van der Waals surface area contributed by atoms with Gasteiger partial charge in [0.05, 0.1) is 6.61 Å². The van der Waals surface area contributed by atoms with E-state index in [-0.39, 0.29) is 18.1 Å². The lowest BCUT2D eigenvalue weighted by Gasteiger charge is -2.08. The molecule has 19 heavy (non-hydrogen) atoms. The minimum absolute atomic E-state index is 0.00629. The highest BCUT2D eigenvalue weighted by Gasteiger charge is 2.14. The van der Waals surface area contributed by atoms with Gasteiger partial charge in [-0.3, -0.25) is 0 Å². The van der Waals surface area contributed by atoms with Gasteiger partial charge in [0.1, 0.15) is 5.69 Å². The summed E-state index contributed by atoms with van der Waals surface area (Å²) in [6, 6.07) is 11.3. The summed E-state index contributed by atoms with van der Waals surface area (Å²) in [7, 11) is 0. The molecule has 4 heteroatoms. The smallest absolute Gasteiger partial charge is 0.354 e. The number of aromatic amines is 1. The van der Waals surface area contributed by atoms with Gasteiger partial charge in [0, 0.05) is 10.9 Å². The van der Waals surface area contributed by atoms with E-state index in [1.165, 1.54) is 0 Å². The van der Waals surface area contributed by atoms with E-state index in [0.29, 0.717) is 10.9 Å². The van der Waals surface area contributed by atoms with Gasteiger partial charge in [-0.15, -0.1) is 0 Å². The molecule has 0 aliphatic rings. The first-order valence-corrected chi connectivity index (χ1v) is 6.10. The van der Waals surface area contributed by atoms with Gasteiger partial charge >= 0.3 is 5.97 Å². The number of ether oxygens (including phenoxy) is 1. The van der Waals surface area contributed by atoms with E-state index in [9.17, 15) is 9.90 Å². The van der Waals surface area contributed by atoms with Crippen LogP contribution in [0, 0.1) is 0 Å². The number of hydrogen-bond donors (Lipinski definition) is 1. The Bertz CT molecular complexity index is 774. The predicted molar refractivity (Wildman–Crippen MR) is 71.2 cm³/mol. The van der Waals surface area contributed by atoms with Crippen LogP contribution in [0.3, 0.4) is 0 Å². The Balaban J connectivity index is 2.32. The summed E-state index contributed by atoms with van der Waals surface area (Å²) < 4.78 is 4.88. The molecule has 4 nitrogen and oxygen atoms in total. The molecule has 0 fully saturated rings. The van der Waals surface area contributed by atoms with Crippen LogP contribution < -0.4 is 5.11 Å². The monoisotopic (exact) mass is 254 g/mol. The van der Waals surface area contributed by atoms with Crippen molar-refractivity contribution in [2.24, 2.45) is 0 Å². The number of hydrogen-bond acceptors (Lipinski definition) is 3. The largest absolute Gasteiger partial charge is 0.870 e. The van der Waals surface area contributed by atoms with Crippen molar-refractivity contribution in [2.75, 3.05) is 6.61 Å². The van der Waals surface area contributed by atoms with E-state index in [0.717, 1.165) is 10.8 Å². The average Bonchev–Trinajstić information content (AvgIpc) is 2.77. The Kier molecular flexibility index (Phi) is 2.63. The van der Waals surface area contributed by atoms with E-state index < -0.39 is 5.97 Å². The molecule has 1 N–H and O–H groups in total. The molecule has 0 bridgehead atoms. The number of rotatable bonds is 2. The van der Waals surface area contributed by atoms with Crippen LogP contribution in [-0.4, -0.2) is 17.6 Å². The molecule has 2 aromatic carbocycles. The zero-order chi connectivity index (χ0) is 13.4. The Morgan fingerprint density at radius 1 is 1.26 bits per heavy atom. The molecular formula is C15H12NO3-. The average molecular weight is 254 g/mol. The normalized spacial score (nSPS) is 11.0. The molecule has 0 unspecified atom stereocenters. The first-order chi connectivity index (χ1) is 9.22. The molecule has 1 heterocycles. The molecule has 0 saturated heterocycles. The number of esters is 1. The van der Waals surface area contributed by atoms with Gasteiger partial charge in [0.2, 0.25) is 0 Å². The Morgan fingerprint density at radius 2 is 2.05 bits per heavy atom. The van der Waals surface area contributed by atoms with E-state index >= 15 is 0 Å². The number of carbonyl (C=O) groups is 1. The summed E-state index contributed by atoms with van der Waals surface area (Å²) in [5, 5.41) is 14.7. The Hall–Kier alpha value is -2.49. The number of carbonyl (C=O) groups excluding carboxylic acids is 1. The minimum atomic E-state index is -0.604. The van der Waals surface area contributed by atoms with Crippen molar-refractivity contribution in [2.45, 2.75) is 6.92 Å². The summed E-state index contributed by atoms with van der Waals surface area (Å²) in [4.78, 5) is 14.6. The van der Waals surface area contributed by atoms with Crippen LogP contribution in [0.5, 0.6) is 5.75 Å². The molecule has 96 valence electrons. The fourth-order valence-electron chi connectivity index (χ4n) is 2.28. The molecule has 0 aliphatic carbocycles. The number of aromatic nitrogens is 1. The molecule has 0 radical (unpaired) electrons. The number of nitrogens with one attached hydrogen (secondary N) is 1. The van der Waals surface area contributed by atoms with Crippen LogP contribution in [0.4, 0.5) is 0 Å². The van der Waals surface area contributed by atoms with Gasteiger partial charge in [-0.1, -0.05) is 36.1 Å². The maximum Gasteiger partial charge on any atom is 0.354 e. The summed E-state index contributed by atoms with van der Waals surface area (Å²) >= 11 is 0. The SMILES string of the molecule is CCOC(=O)c1[nH]c2ccc3ccccc3c2c1[O-]. The van der Waals surface area contributed by atoms with Crippen molar-refractivity contribution in [3.8, 4) is 5.75 Å². The van der Waals surface area contributed by atoms with Crippen molar-refractivity contribution in [3.05, 3.63) is 42.1 Å². The third-order valence-electron chi connectivity index (χ3n) is 3.12. The van der Waals surface area contributed by atoms with Gasteiger partial charge < -0.3 is 14.8 Å². The van der Waals surface area contributed by atoms with E-state index in [1.807, 2.05) is 36.4 Å². The lowest BCUT2D eigenvalue weighted by atomic mass is 10.1. The van der Waals surface area contributed by atoms with Gasteiger partial charge in [0.25, 0.3) is 0 Å². The van der Waals surface area contributed by atoms with Crippen LogP contribution in [-0.2, 0) is 4.74 Å². The predicted octanol–water partition coefficient (Wildman–Crippen LogP) is 2.57. The van der Waals surface area contributed by atoms with Crippen LogP contribution in [0.1, 0.15) is 17.4 Å². The highest BCUT2D eigenvalue weighted by Crippen LogP contribution is 2.33. The first-order valence-electron chi connectivity index (χ1n) is 6.10. The second-order valence-corrected chi connectivity index (χ2v) is 4.26. The molecule has 0 atom stereocenters. The summed E-state index contributed by atoms with van der Waals surface area (Å²) in [5.41, 5.74) is 0.653. The molecule has 3 aromatic rings. The molecule has 0 spiro atoms. The summed E-state index contributed by atoms with van der Waals surface area (Å²) in [6.45, 7) is 1.95. The maximum absolute atomic E-state index is 12.3. The van der Waals surface area contributed by atoms with E-state index in [4.69, 9.17) is 4.74 Å². The van der Waals surface area contributed by atoms with Gasteiger partial charge in [-0.2, -0.15) is 0 Å². The standard InChI is InChI=1S/C15H13NO3/c1-2-19-15(18)13-14(17)12-10-6-4-3-5-9(10)7-8-11(12)16-13/h3-8,16-17H,2H2,1H3/p-1. The van der Waals surface area contributed by atoms with Crippen LogP contribution in [0.15, 0.2) is 36.4 Å². The molecule has 0 aliphatic heterocycles. The van der Waals surface area contributed by atoms with Crippen molar-refractivity contribution in [3.63, 3.8) is 0 Å². The minimum Gasteiger partial charge on any atom is -0.870 e. The zero-order valence-corrected chi connectivity index (χ0v) is 10.4. The number of benzene rings is 2. The Labute approximate surface area is 109 Å². The maximum atomic E-state index is 12.3. The molecule has 1 aromatic heterocycles. The quantitative estimate of drug-likeness (QED) is 0.715. The van der Waals surface area contributed by atoms with Crippen LogP contribution in [0.25, 0.3) is 21.7 Å². The lowest BCUT2D eigenvalue weighted by Crippen LogP contribution is -2.08. The van der Waals surface area contributed by atoms with Gasteiger partial charge in [0.15, 0.2) is 0 Å². The first kappa shape index (κ1) is 11.6. The number of H-pyrrole nitrogens is 1. The Morgan fingerprint density at radius 3 is 2.84 bits per heavy atom. The highest BCUT2D eigenvalue weighted by atomic mass is 16.5.